The Bertz CT molecular complexity index is 1070. The maximum absolute atomic E-state index is 14.4. The molecule has 2 heterocycles. The van der Waals surface area contributed by atoms with E-state index in [1.165, 1.54) is 18.2 Å². The number of ether oxygens (including phenoxy) is 2. The van der Waals surface area contributed by atoms with Gasteiger partial charge in [-0.15, -0.1) is 0 Å². The molecule has 2 aromatic rings. The Labute approximate surface area is 189 Å². The Balaban J connectivity index is 1.94. The Morgan fingerprint density at radius 3 is 2.41 bits per heavy atom. The Morgan fingerprint density at radius 2 is 1.72 bits per heavy atom. The van der Waals surface area contributed by atoms with Gasteiger partial charge in [0.1, 0.15) is 5.82 Å². The molecule has 2 atom stereocenters. The fourth-order valence-corrected chi connectivity index (χ4v) is 7.39. The second-order valence-corrected chi connectivity index (χ2v) is 11.0. The average molecular weight is 463 g/mol. The summed E-state index contributed by atoms with van der Waals surface area (Å²) in [4.78, 5) is 0.107. The minimum Gasteiger partial charge on any atom is -0.454 e. The molecule has 0 bridgehead atoms. The van der Waals surface area contributed by atoms with Crippen molar-refractivity contribution in [2.24, 2.45) is 5.41 Å². The summed E-state index contributed by atoms with van der Waals surface area (Å²) in [5.74, 6) is -0.201. The first-order chi connectivity index (χ1) is 15.3. The molecule has 32 heavy (non-hydrogen) atoms. The van der Waals surface area contributed by atoms with E-state index in [0.29, 0.717) is 35.5 Å². The van der Waals surface area contributed by atoms with Crippen molar-refractivity contribution in [3.8, 4) is 11.5 Å². The number of aliphatic hydroxyl groups is 1. The van der Waals surface area contributed by atoms with Crippen molar-refractivity contribution in [3.05, 3.63) is 53.3 Å². The van der Waals surface area contributed by atoms with Crippen molar-refractivity contribution >= 4 is 9.84 Å². The van der Waals surface area contributed by atoms with Gasteiger partial charge in [0.2, 0.25) is 6.79 Å². The van der Waals surface area contributed by atoms with Crippen LogP contribution in [0.5, 0.6) is 11.5 Å². The Kier molecular flexibility index (Phi) is 6.50. The molecule has 0 spiro atoms. The number of sulfone groups is 1. The minimum atomic E-state index is -3.73. The first kappa shape index (κ1) is 23.1. The molecule has 0 saturated carbocycles. The first-order valence-electron chi connectivity index (χ1n) is 11.4. The van der Waals surface area contributed by atoms with Crippen LogP contribution in [0, 0.1) is 11.2 Å². The van der Waals surface area contributed by atoms with Crippen molar-refractivity contribution in [3.63, 3.8) is 0 Å². The van der Waals surface area contributed by atoms with Crippen LogP contribution in [0.4, 0.5) is 4.39 Å². The zero-order chi connectivity index (χ0) is 22.9. The molecule has 2 aliphatic heterocycles. The number of halogens is 1. The molecule has 4 rings (SSSR count). The van der Waals surface area contributed by atoms with Crippen LogP contribution in [0.25, 0.3) is 0 Å². The monoisotopic (exact) mass is 462 g/mol. The number of hydrogen-bond donors (Lipinski definition) is 1. The normalized spacial score (nSPS) is 22.9. The van der Waals surface area contributed by atoms with E-state index < -0.39 is 33.1 Å². The number of aliphatic hydroxyl groups excluding tert-OH is 1. The lowest BCUT2D eigenvalue weighted by atomic mass is 9.68. The van der Waals surface area contributed by atoms with Gasteiger partial charge < -0.3 is 14.6 Å². The maximum Gasteiger partial charge on any atom is 0.231 e. The molecule has 0 radical (unpaired) electrons. The van der Waals surface area contributed by atoms with Gasteiger partial charge in [-0.1, -0.05) is 45.6 Å². The van der Waals surface area contributed by atoms with Gasteiger partial charge in [-0.2, -0.15) is 0 Å². The van der Waals surface area contributed by atoms with E-state index in [4.69, 9.17) is 9.47 Å². The van der Waals surface area contributed by atoms with E-state index in [9.17, 15) is 17.9 Å². The first-order valence-corrected chi connectivity index (χ1v) is 13.1. The number of benzene rings is 2. The summed E-state index contributed by atoms with van der Waals surface area (Å²) in [6.07, 6.45) is 3.64. The summed E-state index contributed by atoms with van der Waals surface area (Å²) in [6.45, 7) is 4.23. The van der Waals surface area contributed by atoms with Crippen LogP contribution in [0.15, 0.2) is 41.3 Å². The topological polar surface area (TPSA) is 72.8 Å². The van der Waals surface area contributed by atoms with Gasteiger partial charge in [0, 0.05) is 11.3 Å². The number of unbranched alkanes of at least 4 members (excludes halogenated alkanes) is 2. The molecule has 0 amide bonds. The molecule has 0 fully saturated rings. The lowest BCUT2D eigenvalue weighted by molar-refractivity contribution is 0.0126. The summed E-state index contributed by atoms with van der Waals surface area (Å²) >= 11 is 0. The van der Waals surface area contributed by atoms with Gasteiger partial charge in [-0.05, 0) is 54.3 Å². The Hall–Kier alpha value is -2.12. The van der Waals surface area contributed by atoms with Gasteiger partial charge in [-0.25, -0.2) is 12.8 Å². The van der Waals surface area contributed by atoms with Crippen LogP contribution in [0.2, 0.25) is 0 Å². The molecular weight excluding hydrogens is 431 g/mol. The molecule has 0 unspecified atom stereocenters. The molecule has 2 aromatic carbocycles. The third-order valence-electron chi connectivity index (χ3n) is 6.87. The van der Waals surface area contributed by atoms with Crippen LogP contribution in [-0.2, 0) is 9.84 Å². The van der Waals surface area contributed by atoms with Crippen molar-refractivity contribution < 1.29 is 27.4 Å². The minimum absolute atomic E-state index is 0.107. The molecule has 5 nitrogen and oxygen atoms in total. The third-order valence-corrected chi connectivity index (χ3v) is 8.87. The lowest BCUT2D eigenvalue weighted by Crippen LogP contribution is -2.43. The van der Waals surface area contributed by atoms with Crippen molar-refractivity contribution in [2.45, 2.75) is 69.3 Å². The number of hydrogen-bond acceptors (Lipinski definition) is 5. The van der Waals surface area contributed by atoms with Gasteiger partial charge in [0.05, 0.1) is 16.8 Å². The molecular formula is C25H31FO5S. The largest absolute Gasteiger partial charge is 0.454 e. The summed E-state index contributed by atoms with van der Waals surface area (Å²) < 4.78 is 52.5. The molecule has 1 N–H and O–H groups in total. The number of fused-ring (bicyclic) bond motifs is 2. The van der Waals surface area contributed by atoms with Crippen molar-refractivity contribution in [1.82, 2.24) is 0 Å². The van der Waals surface area contributed by atoms with E-state index >= 15 is 0 Å². The fourth-order valence-electron chi connectivity index (χ4n) is 5.20. The van der Waals surface area contributed by atoms with Crippen molar-refractivity contribution in [2.75, 3.05) is 12.5 Å². The average Bonchev–Trinajstić information content (AvgIpc) is 3.21. The third kappa shape index (κ3) is 4.13. The van der Waals surface area contributed by atoms with Crippen LogP contribution < -0.4 is 9.47 Å². The summed E-state index contributed by atoms with van der Waals surface area (Å²) in [6, 6.07) is 9.17. The maximum atomic E-state index is 14.4. The quantitative estimate of drug-likeness (QED) is 0.573. The second kappa shape index (κ2) is 9.02. The molecule has 7 heteroatoms. The van der Waals surface area contributed by atoms with Gasteiger partial charge in [0.25, 0.3) is 0 Å². The van der Waals surface area contributed by atoms with Gasteiger partial charge in [-0.3, -0.25) is 0 Å². The summed E-state index contributed by atoms with van der Waals surface area (Å²) in [5, 5.41) is 11.9. The second-order valence-electron chi connectivity index (χ2n) is 9.05. The fraction of sp³-hybridized carbons (Fsp3) is 0.520. The highest BCUT2D eigenvalue weighted by Gasteiger charge is 2.49. The molecule has 0 aliphatic carbocycles. The Morgan fingerprint density at radius 1 is 1.03 bits per heavy atom. The predicted octanol–water partition coefficient (Wildman–Crippen LogP) is 5.20. The zero-order valence-electron chi connectivity index (χ0n) is 18.6. The van der Waals surface area contributed by atoms with E-state index in [2.05, 4.69) is 13.8 Å². The van der Waals surface area contributed by atoms with Crippen molar-refractivity contribution in [1.29, 1.82) is 0 Å². The SMILES string of the molecule is CCCCC1(CCCC)CS(=O)(=O)c2ccc(F)cc2[C@@H](c2ccc3c(c2)OCO3)[C@H]1O. The van der Waals surface area contributed by atoms with Crippen LogP contribution in [-0.4, -0.2) is 32.2 Å². The lowest BCUT2D eigenvalue weighted by Gasteiger charge is -2.40. The number of rotatable bonds is 7. The van der Waals surface area contributed by atoms with Gasteiger partial charge >= 0.3 is 0 Å². The van der Waals surface area contributed by atoms with Crippen LogP contribution in [0.3, 0.4) is 0 Å². The van der Waals surface area contributed by atoms with E-state index in [0.717, 1.165) is 25.7 Å². The standard InChI is InChI=1S/C25H31FO5S/c1-3-5-11-25(12-6-4-2)15-32(28,29)22-10-8-18(26)14-19(22)23(24(25)27)17-7-9-20-21(13-17)31-16-30-20/h7-10,13-14,23-24,27H,3-6,11-12,15-16H2,1-2H3/t23-,24-/m1/s1. The highest BCUT2D eigenvalue weighted by Crippen LogP contribution is 2.50. The summed E-state index contributed by atoms with van der Waals surface area (Å²) in [5.41, 5.74) is 0.191. The van der Waals surface area contributed by atoms with E-state index in [-0.39, 0.29) is 17.4 Å². The van der Waals surface area contributed by atoms with Crippen LogP contribution in [0.1, 0.15) is 69.4 Å². The van der Waals surface area contributed by atoms with E-state index in [1.807, 2.05) is 6.07 Å². The highest BCUT2D eigenvalue weighted by atomic mass is 32.2. The van der Waals surface area contributed by atoms with Crippen LogP contribution >= 0.6 is 0 Å². The molecule has 0 saturated heterocycles. The van der Waals surface area contributed by atoms with Gasteiger partial charge in [0.15, 0.2) is 21.3 Å². The summed E-state index contributed by atoms with van der Waals surface area (Å²) in [7, 11) is -3.73. The molecule has 2 aliphatic rings. The zero-order valence-corrected chi connectivity index (χ0v) is 19.5. The predicted molar refractivity (Wildman–Crippen MR) is 120 cm³/mol. The molecule has 174 valence electrons. The smallest absolute Gasteiger partial charge is 0.231 e. The highest BCUT2D eigenvalue weighted by molar-refractivity contribution is 7.91. The van der Waals surface area contributed by atoms with E-state index in [1.54, 1.807) is 12.1 Å². The molecule has 0 aromatic heterocycles.